The summed E-state index contributed by atoms with van der Waals surface area (Å²) in [6, 6.07) is 4.87. The van der Waals surface area contributed by atoms with Gasteiger partial charge in [0.15, 0.2) is 5.56 Å². The summed E-state index contributed by atoms with van der Waals surface area (Å²) in [4.78, 5) is 25.0. The molecule has 0 bridgehead atoms. The molecule has 1 heterocycles. The van der Waals surface area contributed by atoms with Gasteiger partial charge >= 0.3 is 6.09 Å². The Labute approximate surface area is 177 Å². The number of benzene rings is 1. The van der Waals surface area contributed by atoms with Gasteiger partial charge in [-0.15, -0.1) is 0 Å². The second kappa shape index (κ2) is 9.33. The Morgan fingerprint density at radius 1 is 1.43 bits per heavy atom. The lowest BCUT2D eigenvalue weighted by Gasteiger charge is -2.41. The van der Waals surface area contributed by atoms with Crippen LogP contribution in [0.1, 0.15) is 58.6 Å². The summed E-state index contributed by atoms with van der Waals surface area (Å²) in [7, 11) is 0. The maximum atomic E-state index is 12.6. The Morgan fingerprint density at radius 2 is 2.10 bits per heavy atom. The van der Waals surface area contributed by atoms with Crippen molar-refractivity contribution in [3.8, 4) is 11.8 Å². The molecule has 1 saturated heterocycles. The molecule has 2 rings (SSSR count). The zero-order chi connectivity index (χ0) is 22.6. The van der Waals surface area contributed by atoms with Crippen molar-refractivity contribution in [1.29, 1.82) is 5.26 Å². The number of ether oxygens (including phenoxy) is 2. The molecule has 3 unspecified atom stereocenters. The van der Waals surface area contributed by atoms with Gasteiger partial charge in [-0.05, 0) is 45.2 Å². The van der Waals surface area contributed by atoms with Gasteiger partial charge in [-0.2, -0.15) is 5.26 Å². The van der Waals surface area contributed by atoms with Crippen LogP contribution in [-0.4, -0.2) is 40.7 Å². The highest BCUT2D eigenvalue weighted by Gasteiger charge is 2.38. The van der Waals surface area contributed by atoms with E-state index in [1.54, 1.807) is 17.9 Å². The highest BCUT2D eigenvalue weighted by Crippen LogP contribution is 2.36. The molecular formula is C22H31N3O5. The summed E-state index contributed by atoms with van der Waals surface area (Å²) >= 11 is 0. The molecule has 30 heavy (non-hydrogen) atoms. The minimum atomic E-state index is -0.571. The molecule has 3 atom stereocenters. The van der Waals surface area contributed by atoms with Gasteiger partial charge in [0.05, 0.1) is 4.92 Å². The standard InChI is InChI=1S/C22H31N3O5/c1-7-14(2)17-13-24(21(26)30-22(4,5)6)11-10-19(17)29-20-15(3)8-9-18(25(27)28)16(20)12-23/h8-9,14,17,19H,7,10-11,13H2,1-6H3. The highest BCUT2D eigenvalue weighted by atomic mass is 16.6. The molecule has 0 radical (unpaired) electrons. The molecule has 164 valence electrons. The van der Waals surface area contributed by atoms with Gasteiger partial charge < -0.3 is 14.4 Å². The number of hydrogen-bond acceptors (Lipinski definition) is 6. The zero-order valence-corrected chi connectivity index (χ0v) is 18.6. The predicted molar refractivity (Wildman–Crippen MR) is 112 cm³/mol. The Kier molecular flexibility index (Phi) is 7.30. The van der Waals surface area contributed by atoms with Crippen LogP contribution in [0, 0.1) is 40.2 Å². The van der Waals surface area contributed by atoms with Gasteiger partial charge in [0.2, 0.25) is 0 Å². The molecule has 1 aromatic rings. The number of aryl methyl sites for hydroxylation is 1. The summed E-state index contributed by atoms with van der Waals surface area (Å²) in [6.45, 7) is 12.4. The average molecular weight is 418 g/mol. The largest absolute Gasteiger partial charge is 0.488 e. The molecule has 0 aromatic heterocycles. The lowest BCUT2D eigenvalue weighted by molar-refractivity contribution is -0.385. The van der Waals surface area contributed by atoms with Crippen LogP contribution >= 0.6 is 0 Å². The molecule has 8 heteroatoms. The number of carbonyl (C=O) groups is 1. The summed E-state index contributed by atoms with van der Waals surface area (Å²) in [5, 5.41) is 20.9. The summed E-state index contributed by atoms with van der Waals surface area (Å²) in [6.07, 6.45) is 0.845. The molecule has 0 saturated carbocycles. The maximum Gasteiger partial charge on any atom is 0.410 e. The van der Waals surface area contributed by atoms with E-state index in [4.69, 9.17) is 9.47 Å². The topological polar surface area (TPSA) is 106 Å². The van der Waals surface area contributed by atoms with Crippen LogP contribution in [0.3, 0.4) is 0 Å². The first-order valence-corrected chi connectivity index (χ1v) is 10.3. The fraction of sp³-hybridized carbons (Fsp3) is 0.636. The predicted octanol–water partition coefficient (Wildman–Crippen LogP) is 4.83. The van der Waals surface area contributed by atoms with Gasteiger partial charge in [-0.3, -0.25) is 10.1 Å². The van der Waals surface area contributed by atoms with E-state index in [2.05, 4.69) is 13.8 Å². The van der Waals surface area contributed by atoms with Crippen molar-refractivity contribution >= 4 is 11.8 Å². The van der Waals surface area contributed by atoms with Crippen molar-refractivity contribution in [2.24, 2.45) is 11.8 Å². The Hall–Kier alpha value is -2.82. The number of nitro groups is 1. The molecule has 1 amide bonds. The minimum absolute atomic E-state index is 0.0153. The van der Waals surface area contributed by atoms with E-state index in [1.165, 1.54) is 6.07 Å². The van der Waals surface area contributed by atoms with E-state index >= 15 is 0 Å². The van der Waals surface area contributed by atoms with Crippen LogP contribution in [0.25, 0.3) is 0 Å². The van der Waals surface area contributed by atoms with Crippen LogP contribution in [-0.2, 0) is 4.74 Å². The first-order chi connectivity index (χ1) is 14.0. The van der Waals surface area contributed by atoms with E-state index in [-0.39, 0.29) is 41.0 Å². The third-order valence-electron chi connectivity index (χ3n) is 5.53. The Balaban J connectivity index is 2.30. The smallest absolute Gasteiger partial charge is 0.410 e. The fourth-order valence-electron chi connectivity index (χ4n) is 3.69. The normalized spacial score (nSPS) is 20.2. The number of hydrogen-bond donors (Lipinski definition) is 0. The Bertz CT molecular complexity index is 840. The molecule has 0 N–H and O–H groups in total. The maximum absolute atomic E-state index is 12.6. The van der Waals surface area contributed by atoms with Gasteiger partial charge in [-0.1, -0.05) is 20.3 Å². The quantitative estimate of drug-likeness (QED) is 0.502. The van der Waals surface area contributed by atoms with Crippen molar-refractivity contribution in [3.05, 3.63) is 33.4 Å². The molecule has 1 aliphatic heterocycles. The summed E-state index contributed by atoms with van der Waals surface area (Å²) < 4.78 is 11.8. The fourth-order valence-corrected chi connectivity index (χ4v) is 3.69. The van der Waals surface area contributed by atoms with Crippen LogP contribution in [0.5, 0.6) is 5.75 Å². The van der Waals surface area contributed by atoms with E-state index in [0.29, 0.717) is 25.1 Å². The van der Waals surface area contributed by atoms with Gasteiger partial charge in [-0.25, -0.2) is 4.79 Å². The van der Waals surface area contributed by atoms with Crippen LogP contribution in [0.2, 0.25) is 0 Å². The summed E-state index contributed by atoms with van der Waals surface area (Å²) in [5.41, 5.74) is -0.213. The SMILES string of the molecule is CCC(C)C1CN(C(=O)OC(C)(C)C)CCC1Oc1c(C)ccc([N+](=O)[O-])c1C#N. The second-order valence-electron chi connectivity index (χ2n) is 8.90. The van der Waals surface area contributed by atoms with E-state index in [1.807, 2.05) is 26.8 Å². The van der Waals surface area contributed by atoms with E-state index in [0.717, 1.165) is 6.42 Å². The van der Waals surface area contributed by atoms with Crippen LogP contribution < -0.4 is 4.74 Å². The lowest BCUT2D eigenvalue weighted by Crippen LogP contribution is -2.51. The van der Waals surface area contributed by atoms with E-state index < -0.39 is 10.5 Å². The van der Waals surface area contributed by atoms with Crippen LogP contribution in [0.15, 0.2) is 12.1 Å². The van der Waals surface area contributed by atoms with Crippen molar-refractivity contribution in [3.63, 3.8) is 0 Å². The van der Waals surface area contributed by atoms with Gasteiger partial charge in [0.25, 0.3) is 5.69 Å². The second-order valence-corrected chi connectivity index (χ2v) is 8.90. The average Bonchev–Trinajstić information content (AvgIpc) is 2.67. The number of nitrogens with zero attached hydrogens (tertiary/aromatic N) is 3. The monoisotopic (exact) mass is 417 g/mol. The third kappa shape index (κ3) is 5.41. The van der Waals surface area contributed by atoms with Crippen molar-refractivity contribution in [1.82, 2.24) is 4.90 Å². The third-order valence-corrected chi connectivity index (χ3v) is 5.53. The number of nitro benzene ring substituents is 1. The first kappa shape index (κ1) is 23.5. The van der Waals surface area contributed by atoms with Gasteiger partial charge in [0.1, 0.15) is 23.5 Å². The number of rotatable bonds is 5. The molecule has 1 fully saturated rings. The minimum Gasteiger partial charge on any atom is -0.488 e. The first-order valence-electron chi connectivity index (χ1n) is 10.3. The molecule has 0 aliphatic carbocycles. The number of amides is 1. The molecule has 0 spiro atoms. The van der Waals surface area contributed by atoms with Gasteiger partial charge in [0, 0.05) is 31.5 Å². The van der Waals surface area contributed by atoms with E-state index in [9.17, 15) is 20.2 Å². The highest BCUT2D eigenvalue weighted by molar-refractivity contribution is 5.68. The lowest BCUT2D eigenvalue weighted by atomic mass is 9.82. The molecule has 1 aromatic carbocycles. The number of nitriles is 1. The van der Waals surface area contributed by atoms with Crippen molar-refractivity contribution < 1.29 is 19.2 Å². The number of likely N-dealkylation sites (tertiary alicyclic amines) is 1. The summed E-state index contributed by atoms with van der Waals surface area (Å²) in [5.74, 6) is 0.530. The van der Waals surface area contributed by atoms with Crippen LogP contribution in [0.4, 0.5) is 10.5 Å². The number of carbonyl (C=O) groups excluding carboxylic acids is 1. The van der Waals surface area contributed by atoms with Crippen molar-refractivity contribution in [2.75, 3.05) is 13.1 Å². The molecule has 8 nitrogen and oxygen atoms in total. The number of piperidine rings is 1. The Morgan fingerprint density at radius 3 is 2.63 bits per heavy atom. The zero-order valence-electron chi connectivity index (χ0n) is 18.6. The molecule has 1 aliphatic rings. The molecular weight excluding hydrogens is 386 g/mol. The van der Waals surface area contributed by atoms with Crippen molar-refractivity contribution in [2.45, 2.75) is 66.1 Å².